The monoisotopic (exact) mass is 256 g/mol. The fourth-order valence-corrected chi connectivity index (χ4v) is 2.02. The maximum atomic E-state index is 11.8. The summed E-state index contributed by atoms with van der Waals surface area (Å²) in [6, 6.07) is 5.88. The second-order valence-electron chi connectivity index (χ2n) is 4.93. The minimum absolute atomic E-state index is 0.123. The Morgan fingerprint density at radius 2 is 2.26 bits per heavy atom. The quantitative estimate of drug-likeness (QED) is 0.812. The molecule has 3 nitrogen and oxygen atoms in total. The van der Waals surface area contributed by atoms with Gasteiger partial charge in [0.15, 0.2) is 0 Å². The number of anilines is 1. The molecule has 1 aromatic rings. The van der Waals surface area contributed by atoms with Crippen LogP contribution >= 0.6 is 0 Å². The van der Waals surface area contributed by atoms with E-state index in [4.69, 9.17) is 5.73 Å². The molecule has 0 heterocycles. The van der Waals surface area contributed by atoms with Crippen LogP contribution < -0.4 is 11.1 Å². The molecular weight excluding hydrogens is 236 g/mol. The molecule has 1 aliphatic carbocycles. The second-order valence-corrected chi connectivity index (χ2v) is 4.93. The predicted molar refractivity (Wildman–Crippen MR) is 77.7 cm³/mol. The Morgan fingerprint density at radius 1 is 1.47 bits per heavy atom. The Bertz CT molecular complexity index is 521. The van der Waals surface area contributed by atoms with E-state index in [1.807, 2.05) is 18.2 Å². The number of rotatable bonds is 4. The standard InChI is InChI=1S/C16H20N2O/c1-2-14-10-12(4-3-9-17)7-8-15(14)18-16(19)11-13-5-6-13/h7-8,10,13H,2,5-6,9,11,17H2,1H3,(H,18,19). The molecule has 100 valence electrons. The fourth-order valence-electron chi connectivity index (χ4n) is 2.02. The van der Waals surface area contributed by atoms with Crippen LogP contribution in [0.4, 0.5) is 5.69 Å². The zero-order valence-corrected chi connectivity index (χ0v) is 11.3. The van der Waals surface area contributed by atoms with Gasteiger partial charge >= 0.3 is 0 Å². The van der Waals surface area contributed by atoms with Crippen molar-refractivity contribution in [3.05, 3.63) is 29.3 Å². The highest BCUT2D eigenvalue weighted by Crippen LogP contribution is 2.32. The first-order chi connectivity index (χ1) is 9.22. The highest BCUT2D eigenvalue weighted by atomic mass is 16.1. The number of hydrogen-bond acceptors (Lipinski definition) is 2. The smallest absolute Gasteiger partial charge is 0.224 e. The molecule has 0 saturated heterocycles. The van der Waals surface area contributed by atoms with Gasteiger partial charge in [0.1, 0.15) is 0 Å². The first-order valence-corrected chi connectivity index (χ1v) is 6.84. The van der Waals surface area contributed by atoms with Crippen LogP contribution in [0.1, 0.15) is 37.3 Å². The molecule has 1 aliphatic rings. The van der Waals surface area contributed by atoms with E-state index in [2.05, 4.69) is 24.1 Å². The lowest BCUT2D eigenvalue weighted by molar-refractivity contribution is -0.116. The number of nitrogens with one attached hydrogen (secondary N) is 1. The van der Waals surface area contributed by atoms with Crippen molar-refractivity contribution in [3.63, 3.8) is 0 Å². The second kappa shape index (κ2) is 6.40. The number of carbonyl (C=O) groups is 1. The molecule has 1 amide bonds. The van der Waals surface area contributed by atoms with Gasteiger partial charge in [0.25, 0.3) is 0 Å². The molecule has 1 fully saturated rings. The number of hydrogen-bond donors (Lipinski definition) is 2. The molecule has 0 bridgehead atoms. The fraction of sp³-hybridized carbons (Fsp3) is 0.438. The molecule has 0 spiro atoms. The summed E-state index contributed by atoms with van der Waals surface area (Å²) < 4.78 is 0. The van der Waals surface area contributed by atoms with Crippen molar-refractivity contribution in [2.75, 3.05) is 11.9 Å². The first kappa shape index (κ1) is 13.6. The highest BCUT2D eigenvalue weighted by molar-refractivity contribution is 5.91. The minimum atomic E-state index is 0.123. The largest absolute Gasteiger partial charge is 0.326 e. The first-order valence-electron chi connectivity index (χ1n) is 6.84. The SMILES string of the molecule is CCc1cc(C#CCN)ccc1NC(=O)CC1CC1. The molecule has 0 radical (unpaired) electrons. The number of amides is 1. The Labute approximate surface area is 114 Å². The van der Waals surface area contributed by atoms with Gasteiger partial charge < -0.3 is 11.1 Å². The number of nitrogens with two attached hydrogens (primary N) is 1. The lowest BCUT2D eigenvalue weighted by Crippen LogP contribution is -2.13. The topological polar surface area (TPSA) is 55.1 Å². The molecule has 0 atom stereocenters. The molecule has 1 saturated carbocycles. The van der Waals surface area contributed by atoms with Gasteiger partial charge in [0.05, 0.1) is 6.54 Å². The van der Waals surface area contributed by atoms with Crippen molar-refractivity contribution in [3.8, 4) is 11.8 Å². The van der Waals surface area contributed by atoms with Gasteiger partial charge in [-0.25, -0.2) is 0 Å². The van der Waals surface area contributed by atoms with E-state index in [1.54, 1.807) is 0 Å². The van der Waals surface area contributed by atoms with Crippen LogP contribution in [-0.4, -0.2) is 12.5 Å². The Kier molecular flexibility index (Phi) is 4.59. The van der Waals surface area contributed by atoms with Crippen molar-refractivity contribution < 1.29 is 4.79 Å². The maximum Gasteiger partial charge on any atom is 0.224 e. The van der Waals surface area contributed by atoms with Gasteiger partial charge in [-0.05, 0) is 48.9 Å². The summed E-state index contributed by atoms with van der Waals surface area (Å²) >= 11 is 0. The van der Waals surface area contributed by atoms with Crippen molar-refractivity contribution in [1.82, 2.24) is 0 Å². The summed E-state index contributed by atoms with van der Waals surface area (Å²) in [5, 5.41) is 3.00. The van der Waals surface area contributed by atoms with Crippen molar-refractivity contribution in [1.29, 1.82) is 0 Å². The molecule has 3 N–H and O–H groups in total. The van der Waals surface area contributed by atoms with Crippen molar-refractivity contribution in [2.24, 2.45) is 11.7 Å². The van der Waals surface area contributed by atoms with Crippen LogP contribution in [0.5, 0.6) is 0 Å². The Balaban J connectivity index is 2.08. The third kappa shape index (κ3) is 4.11. The summed E-state index contributed by atoms with van der Waals surface area (Å²) in [4.78, 5) is 11.8. The summed E-state index contributed by atoms with van der Waals surface area (Å²) in [6.07, 6.45) is 3.92. The van der Waals surface area contributed by atoms with Crippen LogP contribution in [0.25, 0.3) is 0 Å². The molecule has 0 unspecified atom stereocenters. The summed E-state index contributed by atoms with van der Waals surface area (Å²) in [5.74, 6) is 6.59. The van der Waals surface area contributed by atoms with Crippen LogP contribution in [-0.2, 0) is 11.2 Å². The van der Waals surface area contributed by atoms with E-state index in [0.29, 0.717) is 18.9 Å². The molecule has 1 aromatic carbocycles. The minimum Gasteiger partial charge on any atom is -0.326 e. The highest BCUT2D eigenvalue weighted by Gasteiger charge is 2.24. The average molecular weight is 256 g/mol. The van der Waals surface area contributed by atoms with Crippen molar-refractivity contribution >= 4 is 11.6 Å². The van der Waals surface area contributed by atoms with E-state index in [0.717, 1.165) is 23.2 Å². The third-order valence-corrected chi connectivity index (χ3v) is 3.27. The molecule has 0 aromatic heterocycles. The molecule has 19 heavy (non-hydrogen) atoms. The van der Waals surface area contributed by atoms with Gasteiger partial charge in [-0.1, -0.05) is 18.8 Å². The summed E-state index contributed by atoms with van der Waals surface area (Å²) in [7, 11) is 0. The molecular formula is C16H20N2O. The van der Waals surface area contributed by atoms with Crippen LogP contribution in [0.3, 0.4) is 0 Å². The maximum absolute atomic E-state index is 11.8. The lowest BCUT2D eigenvalue weighted by Gasteiger charge is -2.10. The number of benzene rings is 1. The van der Waals surface area contributed by atoms with Gasteiger partial charge in [-0.3, -0.25) is 4.79 Å². The Morgan fingerprint density at radius 3 is 2.89 bits per heavy atom. The van der Waals surface area contributed by atoms with Crippen LogP contribution in [0, 0.1) is 17.8 Å². The zero-order chi connectivity index (χ0) is 13.7. The van der Waals surface area contributed by atoms with E-state index >= 15 is 0 Å². The summed E-state index contributed by atoms with van der Waals surface area (Å²) in [6.45, 7) is 2.44. The van der Waals surface area contributed by atoms with E-state index in [9.17, 15) is 4.79 Å². The van der Waals surface area contributed by atoms with E-state index in [-0.39, 0.29) is 5.91 Å². The van der Waals surface area contributed by atoms with E-state index in [1.165, 1.54) is 12.8 Å². The van der Waals surface area contributed by atoms with E-state index < -0.39 is 0 Å². The van der Waals surface area contributed by atoms with Gasteiger partial charge in [0, 0.05) is 17.7 Å². The lowest BCUT2D eigenvalue weighted by atomic mass is 10.1. The van der Waals surface area contributed by atoms with Gasteiger partial charge in [-0.15, -0.1) is 0 Å². The van der Waals surface area contributed by atoms with Crippen molar-refractivity contribution in [2.45, 2.75) is 32.6 Å². The number of aryl methyl sites for hydroxylation is 1. The Hall–Kier alpha value is -1.79. The van der Waals surface area contributed by atoms with Crippen LogP contribution in [0.2, 0.25) is 0 Å². The van der Waals surface area contributed by atoms with Gasteiger partial charge in [0.2, 0.25) is 5.91 Å². The third-order valence-electron chi connectivity index (χ3n) is 3.27. The normalized spacial score (nSPS) is 13.6. The average Bonchev–Trinajstić information content (AvgIpc) is 3.21. The van der Waals surface area contributed by atoms with Crippen LogP contribution in [0.15, 0.2) is 18.2 Å². The van der Waals surface area contributed by atoms with Gasteiger partial charge in [-0.2, -0.15) is 0 Å². The molecule has 2 rings (SSSR count). The molecule has 3 heteroatoms. The molecule has 0 aliphatic heterocycles. The number of carbonyl (C=O) groups excluding carboxylic acids is 1. The summed E-state index contributed by atoms with van der Waals surface area (Å²) in [5.41, 5.74) is 8.34. The predicted octanol–water partition coefficient (Wildman–Crippen LogP) is 2.30. The zero-order valence-electron chi connectivity index (χ0n) is 11.3.